The van der Waals surface area contributed by atoms with Gasteiger partial charge in [-0.15, -0.1) is 0 Å². The monoisotopic (exact) mass is 146 g/mol. The number of hydrogen-bond acceptors (Lipinski definition) is 2. The third kappa shape index (κ3) is 1.92. The Balaban J connectivity index is 2.35. The Morgan fingerprint density at radius 2 is 2.30 bits per heavy atom. The molecule has 0 saturated carbocycles. The zero-order chi connectivity index (χ0) is 7.56. The third-order valence-electron chi connectivity index (χ3n) is 1.95. The number of alkyl halides is 1. The molecule has 1 saturated heterocycles. The highest BCUT2D eigenvalue weighted by molar-refractivity contribution is 4.80. The molecule has 0 aromatic heterocycles. The van der Waals surface area contributed by atoms with Crippen molar-refractivity contribution in [3.8, 4) is 0 Å². The summed E-state index contributed by atoms with van der Waals surface area (Å²) in [5, 5.41) is 0. The van der Waals surface area contributed by atoms with Crippen LogP contribution in [-0.2, 0) is 0 Å². The highest BCUT2D eigenvalue weighted by Crippen LogP contribution is 2.11. The Labute approximate surface area is 61.2 Å². The molecule has 0 bridgehead atoms. The van der Waals surface area contributed by atoms with E-state index in [9.17, 15) is 4.39 Å². The molecule has 0 aliphatic carbocycles. The minimum atomic E-state index is -0.705. The summed E-state index contributed by atoms with van der Waals surface area (Å²) in [7, 11) is 0. The topological polar surface area (TPSA) is 29.3 Å². The molecular formula is C7H15FN2. The third-order valence-corrected chi connectivity index (χ3v) is 1.95. The van der Waals surface area contributed by atoms with Gasteiger partial charge in [-0.25, -0.2) is 4.39 Å². The average Bonchev–Trinajstić information content (AvgIpc) is 1.85. The van der Waals surface area contributed by atoms with E-state index in [4.69, 9.17) is 5.73 Å². The van der Waals surface area contributed by atoms with Crippen LogP contribution in [0, 0.1) is 0 Å². The van der Waals surface area contributed by atoms with Gasteiger partial charge >= 0.3 is 0 Å². The Morgan fingerprint density at radius 3 is 2.80 bits per heavy atom. The van der Waals surface area contributed by atoms with E-state index in [2.05, 4.69) is 4.90 Å². The minimum absolute atomic E-state index is 0.0451. The molecule has 0 aromatic carbocycles. The zero-order valence-corrected chi connectivity index (χ0v) is 6.39. The van der Waals surface area contributed by atoms with Crippen molar-refractivity contribution in [2.24, 2.45) is 5.73 Å². The van der Waals surface area contributed by atoms with Crippen LogP contribution in [0.5, 0.6) is 0 Å². The van der Waals surface area contributed by atoms with Crippen LogP contribution in [0.1, 0.15) is 13.3 Å². The molecule has 2 atom stereocenters. The summed E-state index contributed by atoms with van der Waals surface area (Å²) in [6.45, 7) is 4.38. The second-order valence-corrected chi connectivity index (χ2v) is 2.95. The quantitative estimate of drug-likeness (QED) is 0.579. The number of nitrogens with zero attached hydrogens (tertiary/aromatic N) is 1. The van der Waals surface area contributed by atoms with Gasteiger partial charge in [-0.3, -0.25) is 4.90 Å². The van der Waals surface area contributed by atoms with Gasteiger partial charge in [-0.2, -0.15) is 0 Å². The Kier molecular flexibility index (Phi) is 2.63. The van der Waals surface area contributed by atoms with Gasteiger partial charge in [-0.05, 0) is 13.0 Å². The number of rotatable bonds is 1. The molecule has 2 nitrogen and oxygen atoms in total. The van der Waals surface area contributed by atoms with E-state index in [-0.39, 0.29) is 6.04 Å². The first-order chi connectivity index (χ1) is 4.72. The van der Waals surface area contributed by atoms with Crippen LogP contribution >= 0.6 is 0 Å². The normalized spacial score (nSPS) is 36.3. The van der Waals surface area contributed by atoms with E-state index >= 15 is 0 Å². The van der Waals surface area contributed by atoms with E-state index < -0.39 is 6.17 Å². The maximum absolute atomic E-state index is 12.7. The lowest BCUT2D eigenvalue weighted by Crippen LogP contribution is -2.47. The number of piperidine rings is 1. The van der Waals surface area contributed by atoms with E-state index in [1.807, 2.05) is 6.92 Å². The molecule has 2 N–H and O–H groups in total. The summed E-state index contributed by atoms with van der Waals surface area (Å²) in [5.74, 6) is 0. The first-order valence-corrected chi connectivity index (χ1v) is 3.84. The van der Waals surface area contributed by atoms with Crippen LogP contribution in [0.15, 0.2) is 0 Å². The number of nitrogens with two attached hydrogens (primary N) is 1. The lowest BCUT2D eigenvalue weighted by molar-refractivity contribution is 0.129. The molecule has 1 aliphatic heterocycles. The molecule has 0 unspecified atom stereocenters. The molecule has 1 heterocycles. The second-order valence-electron chi connectivity index (χ2n) is 2.95. The number of halogens is 1. The molecule has 1 aliphatic rings. The van der Waals surface area contributed by atoms with Gasteiger partial charge in [0.05, 0.1) is 0 Å². The van der Waals surface area contributed by atoms with Gasteiger partial charge in [-0.1, -0.05) is 6.92 Å². The van der Waals surface area contributed by atoms with Crippen LogP contribution in [-0.4, -0.2) is 36.7 Å². The molecule has 1 rings (SSSR count). The van der Waals surface area contributed by atoms with Gasteiger partial charge in [0.1, 0.15) is 6.17 Å². The van der Waals surface area contributed by atoms with Crippen molar-refractivity contribution >= 4 is 0 Å². The summed E-state index contributed by atoms with van der Waals surface area (Å²) >= 11 is 0. The first-order valence-electron chi connectivity index (χ1n) is 3.84. The first kappa shape index (κ1) is 7.95. The Bertz CT molecular complexity index is 97.8. The highest BCUT2D eigenvalue weighted by Gasteiger charge is 2.22. The Morgan fingerprint density at radius 1 is 1.60 bits per heavy atom. The molecule has 0 radical (unpaired) electrons. The van der Waals surface area contributed by atoms with Crippen LogP contribution < -0.4 is 5.73 Å². The van der Waals surface area contributed by atoms with E-state index in [1.165, 1.54) is 0 Å². The number of hydrogen-bond donors (Lipinski definition) is 1. The van der Waals surface area contributed by atoms with Gasteiger partial charge in [0, 0.05) is 19.1 Å². The Hall–Kier alpha value is -0.150. The molecule has 60 valence electrons. The van der Waals surface area contributed by atoms with Crippen molar-refractivity contribution < 1.29 is 4.39 Å². The fourth-order valence-corrected chi connectivity index (χ4v) is 1.42. The SMILES string of the molecule is CCN1C[C@H](N)C[C@@H](F)C1. The maximum atomic E-state index is 12.7. The fourth-order valence-electron chi connectivity index (χ4n) is 1.42. The molecule has 1 fully saturated rings. The summed E-state index contributed by atoms with van der Waals surface area (Å²) < 4.78 is 12.7. The highest BCUT2D eigenvalue weighted by atomic mass is 19.1. The maximum Gasteiger partial charge on any atom is 0.114 e. The smallest absolute Gasteiger partial charge is 0.114 e. The fraction of sp³-hybridized carbons (Fsp3) is 1.00. The molecular weight excluding hydrogens is 131 g/mol. The van der Waals surface area contributed by atoms with Gasteiger partial charge in [0.25, 0.3) is 0 Å². The average molecular weight is 146 g/mol. The predicted molar refractivity (Wildman–Crippen MR) is 39.6 cm³/mol. The minimum Gasteiger partial charge on any atom is -0.326 e. The van der Waals surface area contributed by atoms with Crippen LogP contribution in [0.2, 0.25) is 0 Å². The van der Waals surface area contributed by atoms with Crippen molar-refractivity contribution in [1.82, 2.24) is 4.90 Å². The van der Waals surface area contributed by atoms with E-state index in [1.54, 1.807) is 0 Å². The van der Waals surface area contributed by atoms with Crippen LogP contribution in [0.4, 0.5) is 4.39 Å². The summed E-state index contributed by atoms with van der Waals surface area (Å²) in [5.41, 5.74) is 5.61. The van der Waals surface area contributed by atoms with E-state index in [0.717, 1.165) is 13.1 Å². The van der Waals surface area contributed by atoms with Gasteiger partial charge < -0.3 is 5.73 Å². The van der Waals surface area contributed by atoms with Crippen molar-refractivity contribution in [1.29, 1.82) is 0 Å². The largest absolute Gasteiger partial charge is 0.326 e. The zero-order valence-electron chi connectivity index (χ0n) is 6.39. The summed E-state index contributed by atoms with van der Waals surface area (Å²) in [6.07, 6.45) is -0.167. The van der Waals surface area contributed by atoms with Crippen molar-refractivity contribution in [2.45, 2.75) is 25.6 Å². The molecule has 0 aromatic rings. The standard InChI is InChI=1S/C7H15FN2/c1-2-10-4-6(8)3-7(9)5-10/h6-7H,2-5,9H2,1H3/t6-,7-/m1/s1. The van der Waals surface area contributed by atoms with Crippen molar-refractivity contribution in [2.75, 3.05) is 19.6 Å². The summed E-state index contributed by atoms with van der Waals surface area (Å²) in [4.78, 5) is 2.05. The lowest BCUT2D eigenvalue weighted by atomic mass is 10.1. The van der Waals surface area contributed by atoms with Crippen molar-refractivity contribution in [3.63, 3.8) is 0 Å². The molecule has 0 spiro atoms. The lowest BCUT2D eigenvalue weighted by Gasteiger charge is -2.31. The molecule has 10 heavy (non-hydrogen) atoms. The number of likely N-dealkylation sites (tertiary alicyclic amines) is 1. The van der Waals surface area contributed by atoms with Crippen LogP contribution in [0.25, 0.3) is 0 Å². The van der Waals surface area contributed by atoms with Crippen LogP contribution in [0.3, 0.4) is 0 Å². The number of likely N-dealkylation sites (N-methyl/N-ethyl adjacent to an activating group) is 1. The van der Waals surface area contributed by atoms with Gasteiger partial charge in [0.15, 0.2) is 0 Å². The predicted octanol–water partition coefficient (Wildman–Crippen LogP) is 0.377. The van der Waals surface area contributed by atoms with Crippen molar-refractivity contribution in [3.05, 3.63) is 0 Å². The van der Waals surface area contributed by atoms with Gasteiger partial charge in [0.2, 0.25) is 0 Å². The molecule has 3 heteroatoms. The summed E-state index contributed by atoms with van der Waals surface area (Å²) in [6, 6.07) is 0.0451. The second kappa shape index (κ2) is 3.30. The molecule has 0 amide bonds. The van der Waals surface area contributed by atoms with E-state index in [0.29, 0.717) is 13.0 Å².